The number of hydrogen-bond acceptors (Lipinski definition) is 3. The van der Waals surface area contributed by atoms with Gasteiger partial charge in [0, 0.05) is 17.0 Å². The molecule has 6 heteroatoms. The lowest BCUT2D eigenvalue weighted by Crippen LogP contribution is -2.38. The Labute approximate surface area is 125 Å². The van der Waals surface area contributed by atoms with E-state index in [1.54, 1.807) is 24.3 Å². The highest BCUT2D eigenvalue weighted by Gasteiger charge is 2.23. The van der Waals surface area contributed by atoms with E-state index in [9.17, 15) is 13.5 Å². The van der Waals surface area contributed by atoms with Crippen LogP contribution in [-0.4, -0.2) is 26.2 Å². The first kappa shape index (κ1) is 17.2. The maximum Gasteiger partial charge on any atom is 0.233 e. The molecule has 0 saturated heterocycles. The molecule has 0 aliphatic heterocycles. The molecule has 0 radical (unpaired) electrons. The average molecular weight is 318 g/mol. The van der Waals surface area contributed by atoms with Gasteiger partial charge in [0.25, 0.3) is 0 Å². The van der Waals surface area contributed by atoms with E-state index in [0.717, 1.165) is 5.41 Å². The van der Waals surface area contributed by atoms with Gasteiger partial charge in [-0.15, -0.1) is 0 Å². The van der Waals surface area contributed by atoms with Gasteiger partial charge in [-0.2, -0.15) is 0 Å². The van der Waals surface area contributed by atoms with Gasteiger partial charge < -0.3 is 5.11 Å². The second-order valence-corrected chi connectivity index (χ2v) is 7.66. The number of sulfonamides is 1. The van der Waals surface area contributed by atoms with Gasteiger partial charge in [0.15, 0.2) is 0 Å². The van der Waals surface area contributed by atoms with Crippen molar-refractivity contribution in [2.24, 2.45) is 5.41 Å². The molecule has 0 amide bonds. The first-order chi connectivity index (χ1) is 9.12. The second-order valence-electron chi connectivity index (χ2n) is 5.60. The molecule has 20 heavy (non-hydrogen) atoms. The van der Waals surface area contributed by atoms with Crippen LogP contribution in [0.5, 0.6) is 0 Å². The van der Waals surface area contributed by atoms with Crippen LogP contribution in [-0.2, 0) is 10.0 Å². The van der Waals surface area contributed by atoms with E-state index in [4.69, 9.17) is 11.6 Å². The predicted molar refractivity (Wildman–Crippen MR) is 82.9 cm³/mol. The summed E-state index contributed by atoms with van der Waals surface area (Å²) in [7, 11) is -3.60. The normalized spacial score (nSPS) is 14.7. The Hall–Kier alpha value is -0.880. The van der Waals surface area contributed by atoms with Crippen LogP contribution in [0.25, 0.3) is 6.08 Å². The van der Waals surface area contributed by atoms with E-state index in [2.05, 4.69) is 4.72 Å². The van der Waals surface area contributed by atoms with Crippen LogP contribution in [0.15, 0.2) is 29.7 Å². The second kappa shape index (κ2) is 6.72. The summed E-state index contributed by atoms with van der Waals surface area (Å²) in [6.07, 6.45) is 0.666. The highest BCUT2D eigenvalue weighted by Crippen LogP contribution is 2.19. The van der Waals surface area contributed by atoms with E-state index in [1.807, 2.05) is 20.8 Å². The number of benzene rings is 1. The van der Waals surface area contributed by atoms with E-state index < -0.39 is 16.1 Å². The lowest BCUT2D eigenvalue weighted by Gasteiger charge is -2.25. The molecule has 2 N–H and O–H groups in total. The number of aliphatic hydroxyl groups is 1. The summed E-state index contributed by atoms with van der Waals surface area (Å²) in [5.74, 6) is 0. The third-order valence-electron chi connectivity index (χ3n) is 2.81. The van der Waals surface area contributed by atoms with Crippen LogP contribution in [0.2, 0.25) is 5.02 Å². The van der Waals surface area contributed by atoms with Crippen LogP contribution >= 0.6 is 11.6 Å². The van der Waals surface area contributed by atoms with Gasteiger partial charge in [-0.05, 0) is 23.1 Å². The molecule has 0 fully saturated rings. The highest BCUT2D eigenvalue weighted by atomic mass is 35.5. The molecule has 0 aliphatic carbocycles. The van der Waals surface area contributed by atoms with Crippen molar-refractivity contribution >= 4 is 27.7 Å². The van der Waals surface area contributed by atoms with Gasteiger partial charge in [-0.25, -0.2) is 13.1 Å². The van der Waals surface area contributed by atoms with Crippen molar-refractivity contribution < 1.29 is 13.5 Å². The smallest absolute Gasteiger partial charge is 0.233 e. The van der Waals surface area contributed by atoms with Crippen molar-refractivity contribution in [3.05, 3.63) is 40.3 Å². The number of aliphatic hydroxyl groups excluding tert-OH is 1. The molecule has 1 aromatic rings. The fourth-order valence-corrected chi connectivity index (χ4v) is 2.33. The molecule has 0 heterocycles. The largest absolute Gasteiger partial charge is 0.391 e. The Morgan fingerprint density at radius 2 is 1.95 bits per heavy atom. The van der Waals surface area contributed by atoms with Crippen LogP contribution in [0.4, 0.5) is 0 Å². The van der Waals surface area contributed by atoms with E-state index in [1.165, 1.54) is 6.08 Å². The van der Waals surface area contributed by atoms with Crippen molar-refractivity contribution in [2.45, 2.75) is 26.9 Å². The molecule has 1 atom stereocenters. The Morgan fingerprint density at radius 1 is 1.35 bits per heavy atom. The van der Waals surface area contributed by atoms with Crippen LogP contribution in [0, 0.1) is 5.41 Å². The number of rotatable bonds is 5. The standard InChI is InChI=1S/C14H20ClNO3S/c1-14(2,3)13(17)10-16-20(18,19)9-8-11-6-4-5-7-12(11)15/h4-9,13,16-17H,10H2,1-3H3/b9-8+. The summed E-state index contributed by atoms with van der Waals surface area (Å²) in [5.41, 5.74) is 0.241. The van der Waals surface area contributed by atoms with Crippen molar-refractivity contribution in [1.29, 1.82) is 0 Å². The van der Waals surface area contributed by atoms with Crippen molar-refractivity contribution in [1.82, 2.24) is 4.72 Å². The van der Waals surface area contributed by atoms with Gasteiger partial charge >= 0.3 is 0 Å². The van der Waals surface area contributed by atoms with Crippen molar-refractivity contribution in [2.75, 3.05) is 6.54 Å². The molecule has 0 bridgehead atoms. The van der Waals surface area contributed by atoms with Gasteiger partial charge in [0.2, 0.25) is 10.0 Å². The lowest BCUT2D eigenvalue weighted by atomic mass is 9.89. The van der Waals surface area contributed by atoms with Gasteiger partial charge in [0.1, 0.15) is 0 Å². The molecule has 1 rings (SSSR count). The first-order valence-electron chi connectivity index (χ1n) is 6.22. The summed E-state index contributed by atoms with van der Waals surface area (Å²) < 4.78 is 25.9. The molecule has 0 aromatic heterocycles. The van der Waals surface area contributed by atoms with E-state index >= 15 is 0 Å². The summed E-state index contributed by atoms with van der Waals surface area (Å²) in [6, 6.07) is 6.95. The number of hydrogen-bond donors (Lipinski definition) is 2. The summed E-state index contributed by atoms with van der Waals surface area (Å²) in [4.78, 5) is 0. The Balaban J connectivity index is 2.70. The average Bonchev–Trinajstić information content (AvgIpc) is 2.34. The zero-order valence-electron chi connectivity index (χ0n) is 11.8. The fraction of sp³-hybridized carbons (Fsp3) is 0.429. The van der Waals surface area contributed by atoms with Crippen LogP contribution < -0.4 is 4.72 Å². The molecular formula is C14H20ClNO3S. The Bertz CT molecular complexity index is 576. The molecule has 4 nitrogen and oxygen atoms in total. The van der Waals surface area contributed by atoms with Crippen molar-refractivity contribution in [3.8, 4) is 0 Å². The maximum absolute atomic E-state index is 11.8. The molecular weight excluding hydrogens is 298 g/mol. The van der Waals surface area contributed by atoms with E-state index in [0.29, 0.717) is 10.6 Å². The maximum atomic E-state index is 11.8. The summed E-state index contributed by atoms with van der Waals surface area (Å²) in [5, 5.41) is 11.3. The molecule has 0 aliphatic rings. The topological polar surface area (TPSA) is 66.4 Å². The van der Waals surface area contributed by atoms with Crippen LogP contribution in [0.1, 0.15) is 26.3 Å². The van der Waals surface area contributed by atoms with E-state index in [-0.39, 0.29) is 12.0 Å². The monoisotopic (exact) mass is 317 g/mol. The Kier molecular flexibility index (Phi) is 5.77. The summed E-state index contributed by atoms with van der Waals surface area (Å²) >= 11 is 5.93. The minimum absolute atomic E-state index is 0.0291. The first-order valence-corrected chi connectivity index (χ1v) is 8.14. The number of nitrogens with one attached hydrogen (secondary N) is 1. The SMILES string of the molecule is CC(C)(C)C(O)CNS(=O)(=O)/C=C/c1ccccc1Cl. The van der Waals surface area contributed by atoms with Crippen LogP contribution in [0.3, 0.4) is 0 Å². The quantitative estimate of drug-likeness (QED) is 0.877. The molecule has 0 saturated carbocycles. The fourth-order valence-electron chi connectivity index (χ4n) is 1.32. The third kappa shape index (κ3) is 5.63. The molecule has 112 valence electrons. The minimum atomic E-state index is -3.60. The molecule has 1 unspecified atom stereocenters. The molecule has 0 spiro atoms. The van der Waals surface area contributed by atoms with Gasteiger partial charge in [-0.1, -0.05) is 50.6 Å². The Morgan fingerprint density at radius 3 is 2.50 bits per heavy atom. The van der Waals surface area contributed by atoms with Gasteiger partial charge in [0.05, 0.1) is 6.10 Å². The molecule has 1 aromatic carbocycles. The zero-order chi connectivity index (χ0) is 15.4. The highest BCUT2D eigenvalue weighted by molar-refractivity contribution is 7.92. The predicted octanol–water partition coefficient (Wildman–Crippen LogP) is 2.64. The van der Waals surface area contributed by atoms with Crippen molar-refractivity contribution in [3.63, 3.8) is 0 Å². The lowest BCUT2D eigenvalue weighted by molar-refractivity contribution is 0.0677. The minimum Gasteiger partial charge on any atom is -0.391 e. The summed E-state index contributed by atoms with van der Waals surface area (Å²) in [6.45, 7) is 5.49. The van der Waals surface area contributed by atoms with Gasteiger partial charge in [-0.3, -0.25) is 0 Å². The third-order valence-corrected chi connectivity index (χ3v) is 4.22. The number of halogens is 1. The zero-order valence-corrected chi connectivity index (χ0v) is 13.4.